The van der Waals surface area contributed by atoms with Crippen molar-refractivity contribution >= 4 is 29.3 Å². The Bertz CT molecular complexity index is 1400. The summed E-state index contributed by atoms with van der Waals surface area (Å²) in [6.45, 7) is 6.10. The van der Waals surface area contributed by atoms with Gasteiger partial charge in [0.2, 0.25) is 17.7 Å². The van der Waals surface area contributed by atoms with E-state index in [9.17, 15) is 9.90 Å². The molecule has 0 aliphatic carbocycles. The Hall–Kier alpha value is -4.19. The third-order valence-electron chi connectivity index (χ3n) is 7.13. The maximum absolute atomic E-state index is 11.6. The standard InChI is InChI=1S/C25H29N9O3/c26-23-28-24(29-25-27-21(30-34(23)25)20-8-4-14-37-20)33-9-3-5-17(16-33)15-31-10-12-32(13-11-31)19-7-2-1-6-18(19)22(35)36/h1-2,4,6-8,14,17H,3,5,9-13,15-16H2,(H,35,36)(H2,26,27,28,29,30)/t17-/m0/s1. The second-order valence-electron chi connectivity index (χ2n) is 9.57. The Morgan fingerprint density at radius 3 is 2.65 bits per heavy atom. The van der Waals surface area contributed by atoms with Crippen LogP contribution in [0.15, 0.2) is 47.1 Å². The third-order valence-corrected chi connectivity index (χ3v) is 7.13. The molecule has 0 saturated carbocycles. The number of fused-ring (bicyclic) bond motifs is 1. The first-order chi connectivity index (χ1) is 18.0. The molecule has 3 N–H and O–H groups in total. The Balaban J connectivity index is 1.10. The van der Waals surface area contributed by atoms with E-state index in [1.54, 1.807) is 30.5 Å². The van der Waals surface area contributed by atoms with Crippen LogP contribution >= 0.6 is 0 Å². The summed E-state index contributed by atoms with van der Waals surface area (Å²) in [7, 11) is 0. The summed E-state index contributed by atoms with van der Waals surface area (Å²) in [6.07, 6.45) is 3.77. The van der Waals surface area contributed by atoms with Crippen molar-refractivity contribution in [1.82, 2.24) is 29.5 Å². The molecule has 5 heterocycles. The molecule has 0 amide bonds. The predicted octanol–water partition coefficient (Wildman–Crippen LogP) is 2.10. The fraction of sp³-hybridized carbons (Fsp3) is 0.400. The first-order valence-corrected chi connectivity index (χ1v) is 12.5. The van der Waals surface area contributed by atoms with Crippen molar-refractivity contribution in [2.24, 2.45) is 5.92 Å². The van der Waals surface area contributed by atoms with Crippen LogP contribution in [-0.2, 0) is 0 Å². The zero-order chi connectivity index (χ0) is 25.4. The normalized spacial score (nSPS) is 19.0. The zero-order valence-corrected chi connectivity index (χ0v) is 20.4. The Morgan fingerprint density at radius 2 is 1.86 bits per heavy atom. The van der Waals surface area contributed by atoms with E-state index < -0.39 is 5.97 Å². The number of anilines is 3. The van der Waals surface area contributed by atoms with Crippen LogP contribution in [0, 0.1) is 5.92 Å². The predicted molar refractivity (Wildman–Crippen MR) is 138 cm³/mol. The number of furan rings is 1. The molecule has 37 heavy (non-hydrogen) atoms. The number of aromatic nitrogens is 5. The van der Waals surface area contributed by atoms with E-state index in [1.165, 1.54) is 4.52 Å². The smallest absolute Gasteiger partial charge is 0.337 e. The highest BCUT2D eigenvalue weighted by atomic mass is 16.4. The molecular formula is C25H29N9O3. The quantitative estimate of drug-likeness (QED) is 0.399. The highest BCUT2D eigenvalue weighted by Crippen LogP contribution is 2.26. The highest BCUT2D eigenvalue weighted by molar-refractivity contribution is 5.94. The van der Waals surface area contributed by atoms with Gasteiger partial charge >= 0.3 is 5.97 Å². The fourth-order valence-corrected chi connectivity index (χ4v) is 5.31. The van der Waals surface area contributed by atoms with Gasteiger partial charge in [-0.15, -0.1) is 5.10 Å². The first kappa shape index (κ1) is 23.2. The minimum Gasteiger partial charge on any atom is -0.478 e. The number of nitrogens with two attached hydrogens (primary N) is 1. The lowest BCUT2D eigenvalue weighted by Crippen LogP contribution is -2.50. The van der Waals surface area contributed by atoms with Crippen molar-refractivity contribution in [2.45, 2.75) is 12.8 Å². The van der Waals surface area contributed by atoms with Crippen LogP contribution in [0.2, 0.25) is 0 Å². The number of hydrogen-bond donors (Lipinski definition) is 2. The van der Waals surface area contributed by atoms with Gasteiger partial charge in [0.1, 0.15) is 0 Å². The third kappa shape index (κ3) is 4.67. The van der Waals surface area contributed by atoms with Crippen molar-refractivity contribution in [3.05, 3.63) is 48.2 Å². The summed E-state index contributed by atoms with van der Waals surface area (Å²) in [5.74, 6) is 1.77. The summed E-state index contributed by atoms with van der Waals surface area (Å²) in [5.41, 5.74) is 7.37. The van der Waals surface area contributed by atoms with Gasteiger partial charge < -0.3 is 25.1 Å². The van der Waals surface area contributed by atoms with Crippen LogP contribution in [0.5, 0.6) is 0 Å². The second-order valence-corrected chi connectivity index (χ2v) is 9.57. The molecular weight excluding hydrogens is 474 g/mol. The van der Waals surface area contributed by atoms with Crippen molar-refractivity contribution in [3.63, 3.8) is 0 Å². The molecule has 4 aromatic rings. The highest BCUT2D eigenvalue weighted by Gasteiger charge is 2.27. The molecule has 2 saturated heterocycles. The lowest BCUT2D eigenvalue weighted by Gasteiger charge is -2.40. The van der Waals surface area contributed by atoms with Gasteiger partial charge in [-0.3, -0.25) is 4.90 Å². The van der Waals surface area contributed by atoms with Crippen molar-refractivity contribution in [3.8, 4) is 11.6 Å². The lowest BCUT2D eigenvalue weighted by atomic mass is 9.97. The minimum absolute atomic E-state index is 0.241. The molecule has 1 aromatic carbocycles. The Kier molecular flexibility index (Phi) is 6.08. The van der Waals surface area contributed by atoms with Gasteiger partial charge in [0.25, 0.3) is 5.78 Å². The van der Waals surface area contributed by atoms with Crippen LogP contribution in [0.1, 0.15) is 23.2 Å². The number of piperazine rings is 1. The van der Waals surface area contributed by atoms with Crippen LogP contribution in [0.4, 0.5) is 17.6 Å². The molecule has 2 aliphatic heterocycles. The second kappa shape index (κ2) is 9.69. The van der Waals surface area contributed by atoms with E-state index in [2.05, 4.69) is 34.8 Å². The summed E-state index contributed by atoms with van der Waals surface area (Å²) in [4.78, 5) is 32.1. The van der Waals surface area contributed by atoms with E-state index in [4.69, 9.17) is 10.2 Å². The van der Waals surface area contributed by atoms with Crippen molar-refractivity contribution in [1.29, 1.82) is 0 Å². The minimum atomic E-state index is -0.885. The molecule has 0 unspecified atom stereocenters. The van der Waals surface area contributed by atoms with E-state index in [0.29, 0.717) is 34.8 Å². The van der Waals surface area contributed by atoms with Gasteiger partial charge in [0.05, 0.1) is 17.5 Å². The SMILES string of the molecule is Nc1nc(N2CCC[C@@H](CN3CCN(c4ccccc4C(=O)O)CC3)C2)nc2nc(-c3ccco3)nn12. The summed E-state index contributed by atoms with van der Waals surface area (Å²) >= 11 is 0. The van der Waals surface area contributed by atoms with Crippen LogP contribution in [0.25, 0.3) is 17.4 Å². The lowest BCUT2D eigenvalue weighted by molar-refractivity contribution is 0.0697. The number of nitrogens with zero attached hydrogens (tertiary/aromatic N) is 8. The summed E-state index contributed by atoms with van der Waals surface area (Å²) < 4.78 is 6.83. The van der Waals surface area contributed by atoms with Gasteiger partial charge in [-0.25, -0.2) is 4.79 Å². The van der Waals surface area contributed by atoms with E-state index in [1.807, 2.05) is 12.1 Å². The largest absolute Gasteiger partial charge is 0.478 e. The molecule has 192 valence electrons. The fourth-order valence-electron chi connectivity index (χ4n) is 5.31. The monoisotopic (exact) mass is 503 g/mol. The summed E-state index contributed by atoms with van der Waals surface area (Å²) in [5, 5.41) is 13.9. The van der Waals surface area contributed by atoms with Gasteiger partial charge in [0.15, 0.2) is 5.76 Å². The van der Waals surface area contributed by atoms with E-state index in [-0.39, 0.29) is 5.95 Å². The molecule has 12 heteroatoms. The van der Waals surface area contributed by atoms with E-state index in [0.717, 1.165) is 64.3 Å². The number of nitrogen functional groups attached to an aromatic ring is 1. The number of hydrogen-bond acceptors (Lipinski definition) is 10. The zero-order valence-electron chi connectivity index (χ0n) is 20.4. The van der Waals surface area contributed by atoms with Crippen molar-refractivity contribution in [2.75, 3.05) is 61.3 Å². The van der Waals surface area contributed by atoms with Gasteiger partial charge in [-0.1, -0.05) is 12.1 Å². The molecule has 6 rings (SSSR count). The van der Waals surface area contributed by atoms with Gasteiger partial charge in [-0.2, -0.15) is 19.5 Å². The number of piperidine rings is 1. The number of aromatic carboxylic acids is 1. The molecule has 1 atom stereocenters. The Morgan fingerprint density at radius 1 is 1.03 bits per heavy atom. The van der Waals surface area contributed by atoms with Gasteiger partial charge in [-0.05, 0) is 43.0 Å². The topological polar surface area (TPSA) is 142 Å². The average Bonchev–Trinajstić information content (AvgIpc) is 3.60. The molecule has 0 radical (unpaired) electrons. The molecule has 0 bridgehead atoms. The molecule has 0 spiro atoms. The molecule has 12 nitrogen and oxygen atoms in total. The number of carboxylic acids is 1. The molecule has 2 aliphatic rings. The van der Waals surface area contributed by atoms with Gasteiger partial charge in [0, 0.05) is 45.8 Å². The number of carbonyl (C=O) groups is 1. The first-order valence-electron chi connectivity index (χ1n) is 12.5. The maximum atomic E-state index is 11.6. The number of carboxylic acid groups (broad SMARTS) is 1. The molecule has 2 fully saturated rings. The summed E-state index contributed by atoms with van der Waals surface area (Å²) in [6, 6.07) is 10.8. The maximum Gasteiger partial charge on any atom is 0.337 e. The van der Waals surface area contributed by atoms with E-state index >= 15 is 0 Å². The Labute approximate surface area is 213 Å². The number of para-hydroxylation sites is 1. The molecule has 3 aromatic heterocycles. The van der Waals surface area contributed by atoms with Crippen LogP contribution in [-0.4, -0.2) is 86.4 Å². The average molecular weight is 504 g/mol. The number of benzene rings is 1. The van der Waals surface area contributed by atoms with Crippen LogP contribution in [0.3, 0.4) is 0 Å². The van der Waals surface area contributed by atoms with Crippen LogP contribution < -0.4 is 15.5 Å². The number of rotatable bonds is 6. The van der Waals surface area contributed by atoms with Crippen molar-refractivity contribution < 1.29 is 14.3 Å².